The van der Waals surface area contributed by atoms with E-state index in [9.17, 15) is 13.2 Å². The number of carboxylic acids is 1. The van der Waals surface area contributed by atoms with E-state index in [-0.39, 0.29) is 19.0 Å². The molecule has 0 spiro atoms. The summed E-state index contributed by atoms with van der Waals surface area (Å²) in [5.41, 5.74) is 0. The summed E-state index contributed by atoms with van der Waals surface area (Å²) in [7, 11) is -1.93. The number of hydrogen-bond acceptors (Lipinski definition) is 3. The lowest BCUT2D eigenvalue weighted by Gasteiger charge is -2.30. The quantitative estimate of drug-likeness (QED) is 0.663. The first-order valence-corrected chi connectivity index (χ1v) is 8.08. The standard InChI is InChI=1S/C12H26N2O4S/c1-5-6-9-13(4)19(17,18)14(11(2)3)10-7-8-12(15)16/h11H,5-10H2,1-4H3,(H,15,16). The summed E-state index contributed by atoms with van der Waals surface area (Å²) < 4.78 is 27.4. The maximum Gasteiger partial charge on any atom is 0.303 e. The highest BCUT2D eigenvalue weighted by atomic mass is 32.2. The van der Waals surface area contributed by atoms with E-state index in [2.05, 4.69) is 0 Å². The number of carboxylic acid groups (broad SMARTS) is 1. The van der Waals surface area contributed by atoms with Crippen molar-refractivity contribution in [1.82, 2.24) is 8.61 Å². The van der Waals surface area contributed by atoms with Gasteiger partial charge in [-0.15, -0.1) is 0 Å². The lowest BCUT2D eigenvalue weighted by molar-refractivity contribution is -0.137. The molecule has 0 heterocycles. The molecule has 0 unspecified atom stereocenters. The van der Waals surface area contributed by atoms with Gasteiger partial charge < -0.3 is 5.11 Å². The van der Waals surface area contributed by atoms with Crippen molar-refractivity contribution in [3.05, 3.63) is 0 Å². The zero-order valence-electron chi connectivity index (χ0n) is 12.3. The van der Waals surface area contributed by atoms with Crippen LogP contribution in [0.25, 0.3) is 0 Å². The second-order valence-corrected chi connectivity index (χ2v) is 6.87. The van der Waals surface area contributed by atoms with E-state index in [0.29, 0.717) is 13.0 Å². The topological polar surface area (TPSA) is 77.9 Å². The summed E-state index contributed by atoms with van der Waals surface area (Å²) in [4.78, 5) is 10.5. The van der Waals surface area contributed by atoms with Crippen molar-refractivity contribution >= 4 is 16.2 Å². The van der Waals surface area contributed by atoms with Crippen LogP contribution in [0.5, 0.6) is 0 Å². The van der Waals surface area contributed by atoms with Gasteiger partial charge in [-0.05, 0) is 26.7 Å². The number of carbonyl (C=O) groups is 1. The highest BCUT2D eigenvalue weighted by Gasteiger charge is 2.28. The molecule has 0 atom stereocenters. The summed E-state index contributed by atoms with van der Waals surface area (Å²) in [5, 5.41) is 8.61. The van der Waals surface area contributed by atoms with Gasteiger partial charge in [0, 0.05) is 32.6 Å². The van der Waals surface area contributed by atoms with E-state index in [1.54, 1.807) is 20.9 Å². The van der Waals surface area contributed by atoms with Crippen molar-refractivity contribution in [2.75, 3.05) is 20.1 Å². The van der Waals surface area contributed by atoms with Crippen molar-refractivity contribution in [2.24, 2.45) is 0 Å². The predicted molar refractivity (Wildman–Crippen MR) is 75.2 cm³/mol. The average Bonchev–Trinajstić information content (AvgIpc) is 2.30. The van der Waals surface area contributed by atoms with Crippen LogP contribution in [0.4, 0.5) is 0 Å². The van der Waals surface area contributed by atoms with Gasteiger partial charge in [0.1, 0.15) is 0 Å². The molecule has 0 rings (SSSR count). The predicted octanol–water partition coefficient (Wildman–Crippen LogP) is 1.54. The summed E-state index contributed by atoms with van der Waals surface area (Å²) in [6.07, 6.45) is 2.06. The van der Waals surface area contributed by atoms with Gasteiger partial charge in [0.05, 0.1) is 0 Å². The van der Waals surface area contributed by atoms with Gasteiger partial charge in [-0.25, -0.2) is 0 Å². The number of unbranched alkanes of at least 4 members (excludes halogenated alkanes) is 1. The van der Waals surface area contributed by atoms with Crippen molar-refractivity contribution < 1.29 is 18.3 Å². The van der Waals surface area contributed by atoms with Crippen molar-refractivity contribution in [2.45, 2.75) is 52.5 Å². The third-order valence-corrected chi connectivity index (χ3v) is 5.03. The van der Waals surface area contributed by atoms with Crippen molar-refractivity contribution in [1.29, 1.82) is 0 Å². The molecule has 6 nitrogen and oxygen atoms in total. The van der Waals surface area contributed by atoms with Gasteiger partial charge in [0.15, 0.2) is 0 Å². The summed E-state index contributed by atoms with van der Waals surface area (Å²) in [6.45, 7) is 6.33. The van der Waals surface area contributed by atoms with Crippen LogP contribution >= 0.6 is 0 Å². The molecule has 0 amide bonds. The summed E-state index contributed by atoms with van der Waals surface area (Å²) >= 11 is 0. The Labute approximate surface area is 116 Å². The number of hydrogen-bond donors (Lipinski definition) is 1. The minimum atomic E-state index is -3.50. The third-order valence-electron chi connectivity index (χ3n) is 2.86. The normalized spacial score (nSPS) is 12.6. The molecular weight excluding hydrogens is 268 g/mol. The van der Waals surface area contributed by atoms with Gasteiger partial charge >= 0.3 is 5.97 Å². The molecule has 0 bridgehead atoms. The Bertz CT molecular complexity index is 368. The molecule has 0 aromatic heterocycles. The van der Waals surface area contributed by atoms with Crippen LogP contribution in [-0.2, 0) is 15.0 Å². The Morgan fingerprint density at radius 1 is 1.21 bits per heavy atom. The lowest BCUT2D eigenvalue weighted by Crippen LogP contribution is -2.46. The largest absolute Gasteiger partial charge is 0.481 e. The zero-order chi connectivity index (χ0) is 15.1. The lowest BCUT2D eigenvalue weighted by atomic mass is 10.3. The molecule has 19 heavy (non-hydrogen) atoms. The molecule has 0 saturated carbocycles. The molecule has 0 aromatic carbocycles. The van der Waals surface area contributed by atoms with Crippen molar-refractivity contribution in [3.63, 3.8) is 0 Å². The van der Waals surface area contributed by atoms with E-state index in [0.717, 1.165) is 12.8 Å². The molecule has 0 saturated heterocycles. The summed E-state index contributed by atoms with van der Waals surface area (Å²) in [5.74, 6) is -0.902. The zero-order valence-corrected chi connectivity index (χ0v) is 13.1. The van der Waals surface area contributed by atoms with Crippen LogP contribution in [0.15, 0.2) is 0 Å². The van der Waals surface area contributed by atoms with Gasteiger partial charge in [0.2, 0.25) is 0 Å². The van der Waals surface area contributed by atoms with Crippen molar-refractivity contribution in [3.8, 4) is 0 Å². The van der Waals surface area contributed by atoms with E-state index < -0.39 is 16.2 Å². The second-order valence-electron chi connectivity index (χ2n) is 4.88. The second kappa shape index (κ2) is 8.50. The molecule has 0 aliphatic carbocycles. The maximum atomic E-state index is 12.4. The number of rotatable bonds is 10. The fourth-order valence-electron chi connectivity index (χ4n) is 1.70. The summed E-state index contributed by atoms with van der Waals surface area (Å²) in [6, 6.07) is -0.178. The Balaban J connectivity index is 4.70. The minimum absolute atomic E-state index is 0.0165. The van der Waals surface area contributed by atoms with Gasteiger partial charge in [-0.1, -0.05) is 13.3 Å². The van der Waals surface area contributed by atoms with Crippen LogP contribution in [-0.4, -0.2) is 54.3 Å². The van der Waals surface area contributed by atoms with Crippen LogP contribution in [0.2, 0.25) is 0 Å². The van der Waals surface area contributed by atoms with Gasteiger partial charge in [0.25, 0.3) is 10.2 Å². The molecular formula is C12H26N2O4S. The molecule has 0 radical (unpaired) electrons. The highest BCUT2D eigenvalue weighted by molar-refractivity contribution is 7.86. The SMILES string of the molecule is CCCCN(C)S(=O)(=O)N(CCCC(=O)O)C(C)C. The smallest absolute Gasteiger partial charge is 0.303 e. The molecule has 0 aliphatic heterocycles. The molecule has 0 fully saturated rings. The van der Waals surface area contributed by atoms with Crippen LogP contribution in [0, 0.1) is 0 Å². The Hall–Kier alpha value is -0.660. The molecule has 114 valence electrons. The average molecular weight is 294 g/mol. The first-order chi connectivity index (χ1) is 8.73. The van der Waals surface area contributed by atoms with Crippen LogP contribution in [0.1, 0.15) is 46.5 Å². The van der Waals surface area contributed by atoms with E-state index >= 15 is 0 Å². The van der Waals surface area contributed by atoms with Crippen LogP contribution < -0.4 is 0 Å². The fourth-order valence-corrected chi connectivity index (χ4v) is 3.31. The minimum Gasteiger partial charge on any atom is -0.481 e. The van der Waals surface area contributed by atoms with Crippen LogP contribution in [0.3, 0.4) is 0 Å². The van der Waals surface area contributed by atoms with Gasteiger partial charge in [-0.3, -0.25) is 4.79 Å². The Kier molecular flexibility index (Phi) is 8.20. The number of aliphatic carboxylic acids is 1. The van der Waals surface area contributed by atoms with E-state index in [1.165, 1.54) is 8.61 Å². The third kappa shape index (κ3) is 6.35. The molecule has 1 N–H and O–H groups in total. The highest BCUT2D eigenvalue weighted by Crippen LogP contribution is 2.13. The molecule has 0 aromatic rings. The van der Waals surface area contributed by atoms with E-state index in [4.69, 9.17) is 5.11 Å². The molecule has 0 aliphatic rings. The number of nitrogens with zero attached hydrogens (tertiary/aromatic N) is 2. The monoisotopic (exact) mass is 294 g/mol. The first-order valence-electron chi connectivity index (χ1n) is 6.68. The van der Waals surface area contributed by atoms with Gasteiger partial charge in [-0.2, -0.15) is 17.0 Å². The first kappa shape index (κ1) is 18.3. The fraction of sp³-hybridized carbons (Fsp3) is 0.917. The van der Waals surface area contributed by atoms with E-state index in [1.807, 2.05) is 6.92 Å². The Morgan fingerprint density at radius 3 is 2.21 bits per heavy atom. The molecule has 7 heteroatoms. The maximum absolute atomic E-state index is 12.4. The Morgan fingerprint density at radius 2 is 1.79 bits per heavy atom.